The van der Waals surface area contributed by atoms with Gasteiger partial charge in [-0.05, 0) is 61.2 Å². The van der Waals surface area contributed by atoms with Crippen LogP contribution in [0.25, 0.3) is 38.4 Å². The molecule has 1 aromatic heterocycles. The highest BCUT2D eigenvalue weighted by atomic mass is 16.5. The second-order valence-electron chi connectivity index (χ2n) is 9.33. The first kappa shape index (κ1) is 24.4. The lowest BCUT2D eigenvalue weighted by atomic mass is 9.94. The van der Waals surface area contributed by atoms with Crippen LogP contribution in [-0.2, 0) is 4.79 Å². The molecule has 1 heterocycles. The highest BCUT2D eigenvalue weighted by molar-refractivity contribution is 6.07. The van der Waals surface area contributed by atoms with Gasteiger partial charge in [-0.1, -0.05) is 72.8 Å². The highest BCUT2D eigenvalue weighted by Gasteiger charge is 2.20. The zero-order valence-electron chi connectivity index (χ0n) is 21.7. The predicted octanol–water partition coefficient (Wildman–Crippen LogP) is 8.24. The maximum Gasteiger partial charge on any atom is 0.244 e. The Morgan fingerprint density at radius 1 is 0.973 bits per heavy atom. The Bertz CT molecular complexity index is 1610. The number of rotatable bonds is 7. The summed E-state index contributed by atoms with van der Waals surface area (Å²) >= 11 is 0. The standard InChI is InChI=1S/C33H31NO3/c1-5-36-32-22(3)33-29(30(20-37-33)27-17-11-15-25-14-9-10-16-26(25)27)19-28(32)21(2)18-31(35)34-23(4)24-12-7-6-8-13-24/h6-20,23H,5H2,1-4H3,(H,34,35)/b21-18+. The van der Waals surface area contributed by atoms with Crippen LogP contribution in [0.4, 0.5) is 0 Å². The molecule has 0 aliphatic carbocycles. The molecule has 0 aliphatic rings. The second-order valence-corrected chi connectivity index (χ2v) is 9.33. The van der Waals surface area contributed by atoms with Gasteiger partial charge in [0.05, 0.1) is 18.9 Å². The Morgan fingerprint density at radius 3 is 2.49 bits per heavy atom. The molecule has 1 amide bonds. The van der Waals surface area contributed by atoms with Gasteiger partial charge >= 0.3 is 0 Å². The summed E-state index contributed by atoms with van der Waals surface area (Å²) < 4.78 is 12.2. The number of carbonyl (C=O) groups is 1. The van der Waals surface area contributed by atoms with E-state index >= 15 is 0 Å². The van der Waals surface area contributed by atoms with E-state index in [9.17, 15) is 4.79 Å². The van der Waals surface area contributed by atoms with Crippen molar-refractivity contribution in [1.82, 2.24) is 5.32 Å². The summed E-state index contributed by atoms with van der Waals surface area (Å²) in [6.45, 7) is 8.43. The molecule has 0 bridgehead atoms. The molecule has 1 N–H and O–H groups in total. The summed E-state index contributed by atoms with van der Waals surface area (Å²) in [6, 6.07) is 26.6. The van der Waals surface area contributed by atoms with E-state index in [2.05, 4.69) is 47.8 Å². The van der Waals surface area contributed by atoms with Crippen molar-refractivity contribution >= 4 is 33.2 Å². The fourth-order valence-corrected chi connectivity index (χ4v) is 4.96. The van der Waals surface area contributed by atoms with Gasteiger partial charge in [0.25, 0.3) is 0 Å². The molecule has 0 fully saturated rings. The Balaban J connectivity index is 1.58. The van der Waals surface area contributed by atoms with Crippen LogP contribution >= 0.6 is 0 Å². The summed E-state index contributed by atoms with van der Waals surface area (Å²) in [5.41, 5.74) is 6.63. The van der Waals surface area contributed by atoms with Crippen LogP contribution in [0.15, 0.2) is 95.6 Å². The number of ether oxygens (including phenoxy) is 1. The average Bonchev–Trinajstić information content (AvgIpc) is 3.34. The Kier molecular flexibility index (Phi) is 6.82. The number of allylic oxidation sites excluding steroid dienone is 1. The van der Waals surface area contributed by atoms with Crippen LogP contribution in [0.5, 0.6) is 5.75 Å². The molecule has 4 aromatic carbocycles. The predicted molar refractivity (Wildman–Crippen MR) is 152 cm³/mol. The number of amides is 1. The number of hydrogen-bond acceptors (Lipinski definition) is 3. The van der Waals surface area contributed by atoms with Gasteiger partial charge in [0.1, 0.15) is 11.3 Å². The van der Waals surface area contributed by atoms with Crippen molar-refractivity contribution in [3.8, 4) is 16.9 Å². The molecule has 0 spiro atoms. The van der Waals surface area contributed by atoms with Gasteiger partial charge in [0, 0.05) is 28.2 Å². The van der Waals surface area contributed by atoms with Gasteiger partial charge in [-0.3, -0.25) is 4.79 Å². The SMILES string of the molecule is CCOc1c(/C(C)=C/C(=O)NC(C)c2ccccc2)cc2c(-c3cccc4ccccc34)coc2c1C. The molecule has 4 nitrogen and oxygen atoms in total. The van der Waals surface area contributed by atoms with Gasteiger partial charge < -0.3 is 14.5 Å². The molecule has 37 heavy (non-hydrogen) atoms. The minimum Gasteiger partial charge on any atom is -0.493 e. The van der Waals surface area contributed by atoms with E-state index in [0.717, 1.165) is 50.1 Å². The molecular formula is C33H31NO3. The van der Waals surface area contributed by atoms with Crippen molar-refractivity contribution in [1.29, 1.82) is 0 Å². The van der Waals surface area contributed by atoms with Crippen molar-refractivity contribution in [3.63, 3.8) is 0 Å². The monoisotopic (exact) mass is 489 g/mol. The molecule has 5 aromatic rings. The van der Waals surface area contributed by atoms with E-state index in [1.807, 2.05) is 70.4 Å². The fourth-order valence-electron chi connectivity index (χ4n) is 4.96. The van der Waals surface area contributed by atoms with Gasteiger partial charge in [-0.15, -0.1) is 0 Å². The van der Waals surface area contributed by atoms with Crippen molar-refractivity contribution in [3.05, 3.63) is 108 Å². The molecule has 186 valence electrons. The molecule has 1 unspecified atom stereocenters. The number of hydrogen-bond donors (Lipinski definition) is 1. The number of carbonyl (C=O) groups excluding carboxylic acids is 1. The van der Waals surface area contributed by atoms with Gasteiger partial charge in [0.15, 0.2) is 0 Å². The normalized spacial score (nSPS) is 12.6. The molecule has 0 saturated carbocycles. The maximum atomic E-state index is 13.0. The minimum atomic E-state index is -0.143. The lowest BCUT2D eigenvalue weighted by molar-refractivity contribution is -0.117. The summed E-state index contributed by atoms with van der Waals surface area (Å²) in [7, 11) is 0. The second kappa shape index (κ2) is 10.4. The fraction of sp³-hybridized carbons (Fsp3) is 0.182. The van der Waals surface area contributed by atoms with Gasteiger partial charge in [-0.2, -0.15) is 0 Å². The summed E-state index contributed by atoms with van der Waals surface area (Å²) in [6.07, 6.45) is 3.48. The maximum absolute atomic E-state index is 13.0. The number of nitrogens with one attached hydrogen (secondary N) is 1. The first-order valence-corrected chi connectivity index (χ1v) is 12.7. The number of fused-ring (bicyclic) bond motifs is 2. The number of aryl methyl sites for hydroxylation is 1. The van der Waals surface area contributed by atoms with Crippen LogP contribution in [0.1, 0.15) is 43.5 Å². The third-order valence-corrected chi connectivity index (χ3v) is 6.84. The first-order chi connectivity index (χ1) is 18.0. The van der Waals surface area contributed by atoms with Gasteiger partial charge in [-0.25, -0.2) is 0 Å². The summed E-state index contributed by atoms with van der Waals surface area (Å²) in [5.74, 6) is 0.599. The number of benzene rings is 4. The molecule has 0 aliphatic heterocycles. The Hall–Kier alpha value is -4.31. The highest BCUT2D eigenvalue weighted by Crippen LogP contribution is 2.42. The topological polar surface area (TPSA) is 51.5 Å². The zero-order chi connectivity index (χ0) is 25.9. The van der Waals surface area contributed by atoms with E-state index in [1.165, 1.54) is 10.8 Å². The van der Waals surface area contributed by atoms with Crippen molar-refractivity contribution < 1.29 is 13.9 Å². The van der Waals surface area contributed by atoms with E-state index < -0.39 is 0 Å². The lowest BCUT2D eigenvalue weighted by Crippen LogP contribution is -2.24. The molecule has 5 rings (SSSR count). The van der Waals surface area contributed by atoms with Crippen LogP contribution in [0, 0.1) is 6.92 Å². The van der Waals surface area contributed by atoms with Crippen LogP contribution in [-0.4, -0.2) is 12.5 Å². The molecule has 0 saturated heterocycles. The van der Waals surface area contributed by atoms with E-state index in [0.29, 0.717) is 6.61 Å². The lowest BCUT2D eigenvalue weighted by Gasteiger charge is -2.16. The van der Waals surface area contributed by atoms with Gasteiger partial charge in [0.2, 0.25) is 5.91 Å². The first-order valence-electron chi connectivity index (χ1n) is 12.7. The number of furan rings is 1. The van der Waals surface area contributed by atoms with Crippen molar-refractivity contribution in [2.45, 2.75) is 33.7 Å². The van der Waals surface area contributed by atoms with Crippen molar-refractivity contribution in [2.24, 2.45) is 0 Å². The van der Waals surface area contributed by atoms with Crippen LogP contribution < -0.4 is 10.1 Å². The quantitative estimate of drug-likeness (QED) is 0.234. The summed E-state index contributed by atoms with van der Waals surface area (Å²) in [4.78, 5) is 13.0. The minimum absolute atomic E-state index is 0.0971. The van der Waals surface area contributed by atoms with E-state index in [1.54, 1.807) is 6.08 Å². The van der Waals surface area contributed by atoms with Crippen molar-refractivity contribution in [2.75, 3.05) is 6.61 Å². The van der Waals surface area contributed by atoms with E-state index in [-0.39, 0.29) is 11.9 Å². The zero-order valence-corrected chi connectivity index (χ0v) is 21.7. The third-order valence-electron chi connectivity index (χ3n) is 6.84. The van der Waals surface area contributed by atoms with Crippen LogP contribution in [0.3, 0.4) is 0 Å². The summed E-state index contributed by atoms with van der Waals surface area (Å²) in [5, 5.41) is 6.42. The smallest absolute Gasteiger partial charge is 0.244 e. The molecule has 0 radical (unpaired) electrons. The van der Waals surface area contributed by atoms with E-state index in [4.69, 9.17) is 9.15 Å². The third kappa shape index (κ3) is 4.75. The largest absolute Gasteiger partial charge is 0.493 e. The molecule has 4 heteroatoms. The average molecular weight is 490 g/mol. The molecular weight excluding hydrogens is 458 g/mol. The Morgan fingerprint density at radius 2 is 1.70 bits per heavy atom. The van der Waals surface area contributed by atoms with Crippen LogP contribution in [0.2, 0.25) is 0 Å². The Labute approximate surface area is 217 Å². The molecule has 1 atom stereocenters.